The molecule has 2 N–H and O–H groups in total. The molecule has 90 valence electrons. The van der Waals surface area contributed by atoms with E-state index in [-0.39, 0.29) is 18.2 Å². The second-order valence-corrected chi connectivity index (χ2v) is 5.11. The average molecular weight is 225 g/mol. The molecule has 0 aliphatic heterocycles. The lowest BCUT2D eigenvalue weighted by atomic mass is 10.0. The molecule has 1 amide bonds. The van der Waals surface area contributed by atoms with Crippen LogP contribution in [0.3, 0.4) is 0 Å². The minimum absolute atomic E-state index is 0.135. The molecule has 0 aromatic rings. The molecule has 2 saturated carbocycles. The van der Waals surface area contributed by atoms with Crippen molar-refractivity contribution in [3.63, 3.8) is 0 Å². The van der Waals surface area contributed by atoms with Gasteiger partial charge in [-0.25, -0.2) is 0 Å². The molecule has 0 radical (unpaired) electrons. The Balaban J connectivity index is 1.64. The molecule has 4 nitrogen and oxygen atoms in total. The third-order valence-electron chi connectivity index (χ3n) is 3.97. The first-order valence-electron chi connectivity index (χ1n) is 6.14. The quantitative estimate of drug-likeness (QED) is 0.697. The summed E-state index contributed by atoms with van der Waals surface area (Å²) in [4.78, 5) is 22.0. The summed E-state index contributed by atoms with van der Waals surface area (Å²) in [6.07, 6.45) is 6.67. The van der Waals surface area contributed by atoms with Crippen molar-refractivity contribution in [3.8, 4) is 0 Å². The van der Waals surface area contributed by atoms with Crippen LogP contribution in [0.25, 0.3) is 0 Å². The van der Waals surface area contributed by atoms with Gasteiger partial charge in [-0.15, -0.1) is 0 Å². The molecule has 2 rings (SSSR count). The number of rotatable bonds is 5. The fraction of sp³-hybridized carbons (Fsp3) is 0.833. The van der Waals surface area contributed by atoms with Gasteiger partial charge in [0, 0.05) is 18.9 Å². The zero-order valence-corrected chi connectivity index (χ0v) is 9.50. The van der Waals surface area contributed by atoms with Gasteiger partial charge in [-0.2, -0.15) is 0 Å². The van der Waals surface area contributed by atoms with E-state index in [1.807, 2.05) is 0 Å². The minimum atomic E-state index is -0.798. The van der Waals surface area contributed by atoms with Crippen LogP contribution in [0, 0.1) is 11.3 Å². The van der Waals surface area contributed by atoms with E-state index in [0.717, 1.165) is 6.42 Å². The molecule has 1 unspecified atom stereocenters. The summed E-state index contributed by atoms with van der Waals surface area (Å²) < 4.78 is 0. The Kier molecular flexibility index (Phi) is 3.17. The molecule has 2 aliphatic carbocycles. The Bertz CT molecular complexity index is 295. The summed E-state index contributed by atoms with van der Waals surface area (Å²) in [5.74, 6) is -0.431. The molecule has 1 spiro atoms. The smallest absolute Gasteiger partial charge is 0.303 e. The predicted octanol–water partition coefficient (Wildman–Crippen LogP) is 1.55. The highest BCUT2D eigenvalue weighted by Gasteiger charge is 2.58. The normalized spacial score (nSPS) is 25.6. The lowest BCUT2D eigenvalue weighted by molar-refractivity contribution is -0.137. The average Bonchev–Trinajstić information content (AvgIpc) is 2.71. The molecular formula is C12H19NO3. The zero-order valence-electron chi connectivity index (χ0n) is 9.50. The fourth-order valence-electron chi connectivity index (χ4n) is 2.92. The summed E-state index contributed by atoms with van der Waals surface area (Å²) in [6, 6.07) is 0. The number of carboxylic acid groups (broad SMARTS) is 1. The van der Waals surface area contributed by atoms with E-state index in [1.54, 1.807) is 0 Å². The second-order valence-electron chi connectivity index (χ2n) is 5.11. The zero-order chi connectivity index (χ0) is 11.6. The van der Waals surface area contributed by atoms with Crippen LogP contribution in [0.4, 0.5) is 0 Å². The number of carbonyl (C=O) groups is 2. The van der Waals surface area contributed by atoms with Gasteiger partial charge in [0.15, 0.2) is 0 Å². The van der Waals surface area contributed by atoms with Gasteiger partial charge in [0.1, 0.15) is 0 Å². The molecule has 2 aliphatic rings. The van der Waals surface area contributed by atoms with E-state index in [9.17, 15) is 9.59 Å². The van der Waals surface area contributed by atoms with Crippen molar-refractivity contribution in [1.82, 2.24) is 5.32 Å². The minimum Gasteiger partial charge on any atom is -0.481 e. The van der Waals surface area contributed by atoms with Crippen molar-refractivity contribution in [3.05, 3.63) is 0 Å². The number of hydrogen-bond donors (Lipinski definition) is 2. The standard InChI is InChI=1S/C12H19NO3/c14-10(15)4-3-7-13-11(16)9-8-12(9)5-1-2-6-12/h9H,1-8H2,(H,13,16)(H,14,15). The molecule has 0 aromatic carbocycles. The molecular weight excluding hydrogens is 206 g/mol. The number of carboxylic acids is 1. The third kappa shape index (κ3) is 2.36. The number of aliphatic carboxylic acids is 1. The lowest BCUT2D eigenvalue weighted by Crippen LogP contribution is -2.28. The highest BCUT2D eigenvalue weighted by molar-refractivity contribution is 5.82. The van der Waals surface area contributed by atoms with Crippen LogP contribution in [0.5, 0.6) is 0 Å². The van der Waals surface area contributed by atoms with Gasteiger partial charge in [0.25, 0.3) is 0 Å². The van der Waals surface area contributed by atoms with Crippen molar-refractivity contribution >= 4 is 11.9 Å². The van der Waals surface area contributed by atoms with E-state index < -0.39 is 5.97 Å². The van der Waals surface area contributed by atoms with E-state index >= 15 is 0 Å². The maximum absolute atomic E-state index is 11.8. The van der Waals surface area contributed by atoms with E-state index in [4.69, 9.17) is 5.11 Å². The fourth-order valence-corrected chi connectivity index (χ4v) is 2.92. The SMILES string of the molecule is O=C(O)CCCNC(=O)C1CC12CCCC2. The summed E-state index contributed by atoms with van der Waals surface area (Å²) in [7, 11) is 0. The Morgan fingerprint density at radius 3 is 2.62 bits per heavy atom. The highest BCUT2D eigenvalue weighted by atomic mass is 16.4. The van der Waals surface area contributed by atoms with Crippen molar-refractivity contribution in [2.75, 3.05) is 6.54 Å². The van der Waals surface area contributed by atoms with Crippen molar-refractivity contribution in [1.29, 1.82) is 0 Å². The lowest BCUT2D eigenvalue weighted by Gasteiger charge is -2.08. The molecule has 2 fully saturated rings. The topological polar surface area (TPSA) is 66.4 Å². The summed E-state index contributed by atoms with van der Waals surface area (Å²) in [5.41, 5.74) is 0.344. The van der Waals surface area contributed by atoms with Crippen LogP contribution in [0.1, 0.15) is 44.9 Å². The third-order valence-corrected chi connectivity index (χ3v) is 3.97. The maximum atomic E-state index is 11.8. The van der Waals surface area contributed by atoms with Crippen molar-refractivity contribution in [2.45, 2.75) is 44.9 Å². The van der Waals surface area contributed by atoms with Gasteiger partial charge in [-0.3, -0.25) is 9.59 Å². The highest BCUT2D eigenvalue weighted by Crippen LogP contribution is 2.62. The van der Waals surface area contributed by atoms with Crippen LogP contribution in [-0.4, -0.2) is 23.5 Å². The first kappa shape index (κ1) is 11.4. The van der Waals surface area contributed by atoms with Gasteiger partial charge < -0.3 is 10.4 Å². The Labute approximate surface area is 95.4 Å². The number of carbonyl (C=O) groups excluding carboxylic acids is 1. The van der Waals surface area contributed by atoms with Crippen LogP contribution < -0.4 is 5.32 Å². The number of hydrogen-bond acceptors (Lipinski definition) is 2. The van der Waals surface area contributed by atoms with Crippen LogP contribution in [0.2, 0.25) is 0 Å². The van der Waals surface area contributed by atoms with Gasteiger partial charge in [-0.1, -0.05) is 12.8 Å². The van der Waals surface area contributed by atoms with E-state index in [1.165, 1.54) is 25.7 Å². The van der Waals surface area contributed by atoms with Gasteiger partial charge in [0.05, 0.1) is 0 Å². The van der Waals surface area contributed by atoms with Gasteiger partial charge in [-0.05, 0) is 31.1 Å². The predicted molar refractivity (Wildman–Crippen MR) is 58.9 cm³/mol. The molecule has 16 heavy (non-hydrogen) atoms. The van der Waals surface area contributed by atoms with Crippen molar-refractivity contribution < 1.29 is 14.7 Å². The molecule has 0 bridgehead atoms. The molecule has 0 saturated heterocycles. The first-order chi connectivity index (χ1) is 7.64. The van der Waals surface area contributed by atoms with Crippen molar-refractivity contribution in [2.24, 2.45) is 11.3 Å². The van der Waals surface area contributed by atoms with Crippen LogP contribution >= 0.6 is 0 Å². The first-order valence-corrected chi connectivity index (χ1v) is 6.14. The molecule has 0 aromatic heterocycles. The van der Waals surface area contributed by atoms with Crippen LogP contribution in [0.15, 0.2) is 0 Å². The largest absolute Gasteiger partial charge is 0.481 e. The van der Waals surface area contributed by atoms with E-state index in [2.05, 4.69) is 5.32 Å². The Hall–Kier alpha value is -1.06. The van der Waals surface area contributed by atoms with Gasteiger partial charge >= 0.3 is 5.97 Å². The monoisotopic (exact) mass is 225 g/mol. The molecule has 4 heteroatoms. The Morgan fingerprint density at radius 2 is 2.00 bits per heavy atom. The summed E-state index contributed by atoms with van der Waals surface area (Å²) in [5, 5.41) is 11.3. The summed E-state index contributed by atoms with van der Waals surface area (Å²) in [6.45, 7) is 0.498. The summed E-state index contributed by atoms with van der Waals surface area (Å²) >= 11 is 0. The molecule has 1 atom stereocenters. The molecule has 0 heterocycles. The number of amides is 1. The van der Waals surface area contributed by atoms with E-state index in [0.29, 0.717) is 18.4 Å². The van der Waals surface area contributed by atoms with Crippen LogP contribution in [-0.2, 0) is 9.59 Å². The van der Waals surface area contributed by atoms with Gasteiger partial charge in [0.2, 0.25) is 5.91 Å². The second kappa shape index (κ2) is 4.44. The maximum Gasteiger partial charge on any atom is 0.303 e. The Morgan fingerprint density at radius 1 is 1.31 bits per heavy atom. The number of nitrogens with one attached hydrogen (secondary N) is 1.